The van der Waals surface area contributed by atoms with Gasteiger partial charge in [0.05, 0.1) is 0 Å². The molecular weight excluding hydrogens is 304 g/mol. The molecule has 1 amide bonds. The Morgan fingerprint density at radius 1 is 1.21 bits per heavy atom. The molecule has 0 unspecified atom stereocenters. The zero-order chi connectivity index (χ0) is 17.5. The number of hydrogen-bond acceptors (Lipinski definition) is 5. The average Bonchev–Trinajstić information content (AvgIpc) is 2.55. The van der Waals surface area contributed by atoms with Crippen LogP contribution in [0.4, 0.5) is 11.6 Å². The highest BCUT2D eigenvalue weighted by atomic mass is 16.2. The molecule has 1 heterocycles. The van der Waals surface area contributed by atoms with Crippen LogP contribution in [0.2, 0.25) is 0 Å². The molecule has 0 aliphatic heterocycles. The largest absolute Gasteiger partial charge is 0.354 e. The fourth-order valence-corrected chi connectivity index (χ4v) is 2.05. The van der Waals surface area contributed by atoms with Crippen molar-refractivity contribution in [2.24, 2.45) is 5.92 Å². The van der Waals surface area contributed by atoms with Gasteiger partial charge < -0.3 is 10.6 Å². The van der Waals surface area contributed by atoms with Gasteiger partial charge in [-0.2, -0.15) is 0 Å². The zero-order valence-corrected chi connectivity index (χ0v) is 14.2. The minimum atomic E-state index is -0.343. The zero-order valence-electron chi connectivity index (χ0n) is 14.2. The predicted molar refractivity (Wildman–Crippen MR) is 94.4 cm³/mol. The van der Waals surface area contributed by atoms with Crippen molar-refractivity contribution >= 4 is 23.3 Å². The van der Waals surface area contributed by atoms with Crippen LogP contribution in [-0.2, 0) is 0 Å². The number of nitrogens with zero attached hydrogens (tertiary/aromatic N) is 2. The van der Waals surface area contributed by atoms with E-state index in [2.05, 4.69) is 34.4 Å². The summed E-state index contributed by atoms with van der Waals surface area (Å²) in [6.07, 6.45) is 2.54. The molecule has 0 bridgehead atoms. The van der Waals surface area contributed by atoms with Crippen molar-refractivity contribution in [2.45, 2.75) is 27.2 Å². The number of ketones is 1. The maximum Gasteiger partial charge on any atom is 0.274 e. The SMILES string of the molecule is CC(=O)c1cccc(NC(=O)c2ccnc(NCCC(C)C)n2)c1. The Labute approximate surface area is 141 Å². The molecule has 6 nitrogen and oxygen atoms in total. The van der Waals surface area contributed by atoms with E-state index < -0.39 is 0 Å². The fourth-order valence-electron chi connectivity index (χ4n) is 2.05. The second-order valence-electron chi connectivity index (χ2n) is 5.97. The molecule has 0 saturated heterocycles. The Morgan fingerprint density at radius 2 is 2.00 bits per heavy atom. The first-order valence-corrected chi connectivity index (χ1v) is 7.95. The van der Waals surface area contributed by atoms with E-state index in [4.69, 9.17) is 0 Å². The van der Waals surface area contributed by atoms with E-state index in [1.807, 2.05) is 0 Å². The number of hydrogen-bond donors (Lipinski definition) is 2. The molecule has 0 fully saturated rings. The Hall–Kier alpha value is -2.76. The lowest BCUT2D eigenvalue weighted by Crippen LogP contribution is -2.16. The van der Waals surface area contributed by atoms with Crippen molar-refractivity contribution in [1.29, 1.82) is 0 Å². The number of carbonyl (C=O) groups is 2. The summed E-state index contributed by atoms with van der Waals surface area (Å²) in [7, 11) is 0. The van der Waals surface area contributed by atoms with Gasteiger partial charge in [-0.3, -0.25) is 9.59 Å². The van der Waals surface area contributed by atoms with Crippen LogP contribution in [0.1, 0.15) is 48.0 Å². The highest BCUT2D eigenvalue weighted by Gasteiger charge is 2.10. The molecule has 1 aromatic carbocycles. The fraction of sp³-hybridized carbons (Fsp3) is 0.333. The number of Topliss-reactive ketones (excluding diaryl/α,β-unsaturated/α-hetero) is 1. The van der Waals surface area contributed by atoms with E-state index >= 15 is 0 Å². The summed E-state index contributed by atoms with van der Waals surface area (Å²) in [5.41, 5.74) is 1.37. The third kappa shape index (κ3) is 5.15. The molecule has 0 aliphatic carbocycles. The number of rotatable bonds is 7. The third-order valence-corrected chi connectivity index (χ3v) is 3.42. The molecule has 0 spiro atoms. The van der Waals surface area contributed by atoms with E-state index in [1.54, 1.807) is 36.5 Å². The number of aromatic nitrogens is 2. The summed E-state index contributed by atoms with van der Waals surface area (Å²) < 4.78 is 0. The van der Waals surface area contributed by atoms with E-state index in [0.29, 0.717) is 23.1 Å². The van der Waals surface area contributed by atoms with Crippen molar-refractivity contribution in [3.05, 3.63) is 47.8 Å². The van der Waals surface area contributed by atoms with E-state index in [-0.39, 0.29) is 17.4 Å². The normalized spacial score (nSPS) is 10.5. The maximum atomic E-state index is 12.3. The lowest BCUT2D eigenvalue weighted by molar-refractivity contribution is 0.100. The van der Waals surface area contributed by atoms with Crippen LogP contribution in [0.3, 0.4) is 0 Å². The molecule has 0 saturated carbocycles. The second-order valence-corrected chi connectivity index (χ2v) is 5.97. The van der Waals surface area contributed by atoms with E-state index in [1.165, 1.54) is 6.92 Å². The summed E-state index contributed by atoms with van der Waals surface area (Å²) in [6, 6.07) is 8.36. The first-order chi connectivity index (χ1) is 11.5. The highest BCUT2D eigenvalue weighted by Crippen LogP contribution is 2.13. The molecule has 126 valence electrons. The van der Waals surface area contributed by atoms with Crippen LogP contribution < -0.4 is 10.6 Å². The Morgan fingerprint density at radius 3 is 2.71 bits per heavy atom. The first-order valence-electron chi connectivity index (χ1n) is 7.95. The summed E-state index contributed by atoms with van der Waals surface area (Å²) in [5.74, 6) is 0.619. The van der Waals surface area contributed by atoms with Gasteiger partial charge in [0, 0.05) is 24.0 Å². The molecule has 2 N–H and O–H groups in total. The summed E-state index contributed by atoms with van der Waals surface area (Å²) in [5, 5.41) is 5.86. The Kier molecular flexibility index (Phi) is 6.01. The third-order valence-electron chi connectivity index (χ3n) is 3.42. The van der Waals surface area contributed by atoms with Gasteiger partial charge in [-0.15, -0.1) is 0 Å². The number of carbonyl (C=O) groups excluding carboxylic acids is 2. The maximum absolute atomic E-state index is 12.3. The quantitative estimate of drug-likeness (QED) is 0.762. The van der Waals surface area contributed by atoms with Gasteiger partial charge in [-0.1, -0.05) is 26.0 Å². The lowest BCUT2D eigenvalue weighted by atomic mass is 10.1. The van der Waals surface area contributed by atoms with E-state index in [9.17, 15) is 9.59 Å². The molecule has 6 heteroatoms. The summed E-state index contributed by atoms with van der Waals surface area (Å²) in [6.45, 7) is 6.52. The number of nitrogens with one attached hydrogen (secondary N) is 2. The summed E-state index contributed by atoms with van der Waals surface area (Å²) >= 11 is 0. The van der Waals surface area contributed by atoms with Crippen molar-refractivity contribution in [3.8, 4) is 0 Å². The van der Waals surface area contributed by atoms with Gasteiger partial charge in [0.25, 0.3) is 5.91 Å². The Balaban J connectivity index is 2.04. The van der Waals surface area contributed by atoms with Gasteiger partial charge in [0.15, 0.2) is 5.78 Å². The van der Waals surface area contributed by atoms with Crippen LogP contribution in [-0.4, -0.2) is 28.2 Å². The van der Waals surface area contributed by atoms with Crippen molar-refractivity contribution in [3.63, 3.8) is 0 Å². The van der Waals surface area contributed by atoms with Crippen LogP contribution >= 0.6 is 0 Å². The van der Waals surface area contributed by atoms with Crippen molar-refractivity contribution < 1.29 is 9.59 Å². The molecule has 0 aliphatic rings. The van der Waals surface area contributed by atoms with Crippen molar-refractivity contribution in [1.82, 2.24) is 9.97 Å². The number of anilines is 2. The molecule has 24 heavy (non-hydrogen) atoms. The lowest BCUT2D eigenvalue weighted by Gasteiger charge is -2.09. The van der Waals surface area contributed by atoms with Gasteiger partial charge in [-0.25, -0.2) is 9.97 Å². The minimum absolute atomic E-state index is 0.0511. The van der Waals surface area contributed by atoms with Crippen LogP contribution in [0.25, 0.3) is 0 Å². The number of amides is 1. The highest BCUT2D eigenvalue weighted by molar-refractivity contribution is 6.04. The predicted octanol–water partition coefficient (Wildman–Crippen LogP) is 3.39. The molecular formula is C18H22N4O2. The Bertz CT molecular complexity index is 728. The monoisotopic (exact) mass is 326 g/mol. The minimum Gasteiger partial charge on any atom is -0.354 e. The first kappa shape index (κ1) is 17.6. The molecule has 0 radical (unpaired) electrons. The second kappa shape index (κ2) is 8.19. The number of benzene rings is 1. The average molecular weight is 326 g/mol. The summed E-state index contributed by atoms with van der Waals surface area (Å²) in [4.78, 5) is 32.1. The standard InChI is InChI=1S/C18H22N4O2/c1-12(2)7-9-19-18-20-10-8-16(22-18)17(24)21-15-6-4-5-14(11-15)13(3)23/h4-6,8,10-12H,7,9H2,1-3H3,(H,21,24)(H,19,20,22). The van der Waals surface area contributed by atoms with Gasteiger partial charge in [0.1, 0.15) is 5.69 Å². The van der Waals surface area contributed by atoms with Crippen LogP contribution in [0.15, 0.2) is 36.5 Å². The van der Waals surface area contributed by atoms with Gasteiger partial charge in [-0.05, 0) is 37.5 Å². The van der Waals surface area contributed by atoms with Crippen LogP contribution in [0.5, 0.6) is 0 Å². The van der Waals surface area contributed by atoms with Gasteiger partial charge in [0.2, 0.25) is 5.95 Å². The molecule has 0 atom stereocenters. The van der Waals surface area contributed by atoms with Crippen LogP contribution in [0, 0.1) is 5.92 Å². The van der Waals surface area contributed by atoms with Crippen molar-refractivity contribution in [2.75, 3.05) is 17.2 Å². The molecule has 2 aromatic rings. The molecule has 1 aromatic heterocycles. The van der Waals surface area contributed by atoms with E-state index in [0.717, 1.165) is 13.0 Å². The topological polar surface area (TPSA) is 84.0 Å². The molecule has 2 rings (SSSR count). The van der Waals surface area contributed by atoms with Gasteiger partial charge >= 0.3 is 0 Å². The smallest absolute Gasteiger partial charge is 0.274 e.